The average Bonchev–Trinajstić information content (AvgIpc) is 2.52. The van der Waals surface area contributed by atoms with E-state index in [1.165, 1.54) is 6.20 Å². The number of nitrogens with one attached hydrogen (secondary N) is 1. The summed E-state index contributed by atoms with van der Waals surface area (Å²) in [5.41, 5.74) is 1.39. The van der Waals surface area contributed by atoms with Gasteiger partial charge in [0.25, 0.3) is 5.91 Å². The Morgan fingerprint density at radius 2 is 1.90 bits per heavy atom. The molecule has 2 aromatic rings. The highest BCUT2D eigenvalue weighted by Gasteiger charge is 2.20. The second kappa shape index (κ2) is 7.19. The minimum Gasteiger partial charge on any atom is -0.480 e. The summed E-state index contributed by atoms with van der Waals surface area (Å²) < 4.78 is 0. The number of aromatic nitrogens is 1. The van der Waals surface area contributed by atoms with Crippen LogP contribution >= 0.6 is 0 Å². The minimum atomic E-state index is -1.04. The lowest BCUT2D eigenvalue weighted by Crippen LogP contribution is -2.41. The number of amides is 1. The third-order valence-corrected chi connectivity index (χ3v) is 3.09. The Labute approximate surface area is 122 Å². The smallest absolute Gasteiger partial charge is 0.326 e. The first-order valence-electron chi connectivity index (χ1n) is 6.64. The number of aryl methyl sites for hydroxylation is 1. The molecular formula is C16H16N2O3. The number of carboxylic acids is 1. The molecule has 0 aliphatic rings. The Kier molecular flexibility index (Phi) is 5.04. The van der Waals surface area contributed by atoms with Crippen LogP contribution in [-0.4, -0.2) is 28.0 Å². The van der Waals surface area contributed by atoms with Crippen LogP contribution in [0.5, 0.6) is 0 Å². The van der Waals surface area contributed by atoms with E-state index in [4.69, 9.17) is 0 Å². The van der Waals surface area contributed by atoms with Crippen LogP contribution in [0.2, 0.25) is 0 Å². The molecule has 0 saturated carbocycles. The number of carbonyl (C=O) groups excluding carboxylic acids is 1. The Bertz CT molecular complexity index is 599. The molecule has 2 rings (SSSR count). The van der Waals surface area contributed by atoms with E-state index in [0.29, 0.717) is 18.4 Å². The first kappa shape index (κ1) is 14.7. The highest BCUT2D eigenvalue weighted by molar-refractivity contribution is 5.96. The summed E-state index contributed by atoms with van der Waals surface area (Å²) in [6, 6.07) is 11.9. The summed E-state index contributed by atoms with van der Waals surface area (Å²) in [6.07, 6.45) is 3.89. The highest BCUT2D eigenvalue weighted by Crippen LogP contribution is 2.06. The molecule has 0 fully saturated rings. The number of nitrogens with zero attached hydrogens (tertiary/aromatic N) is 1. The molecule has 0 spiro atoms. The molecule has 1 atom stereocenters. The van der Waals surface area contributed by atoms with Gasteiger partial charge in [0.15, 0.2) is 0 Å². The quantitative estimate of drug-likeness (QED) is 0.849. The van der Waals surface area contributed by atoms with Gasteiger partial charge >= 0.3 is 5.97 Å². The molecule has 1 aromatic heterocycles. The lowest BCUT2D eigenvalue weighted by atomic mass is 10.0. The van der Waals surface area contributed by atoms with Crippen molar-refractivity contribution in [3.05, 3.63) is 66.0 Å². The molecule has 1 heterocycles. The monoisotopic (exact) mass is 284 g/mol. The lowest BCUT2D eigenvalue weighted by Gasteiger charge is -2.14. The van der Waals surface area contributed by atoms with Crippen molar-refractivity contribution in [2.75, 3.05) is 0 Å². The zero-order chi connectivity index (χ0) is 15.1. The molecule has 1 aromatic carbocycles. The second-order valence-corrected chi connectivity index (χ2v) is 4.63. The van der Waals surface area contributed by atoms with Gasteiger partial charge in [0.05, 0.1) is 5.56 Å². The van der Waals surface area contributed by atoms with Gasteiger partial charge < -0.3 is 10.4 Å². The molecule has 1 amide bonds. The number of hydrogen-bond donors (Lipinski definition) is 2. The van der Waals surface area contributed by atoms with E-state index >= 15 is 0 Å². The van der Waals surface area contributed by atoms with Crippen LogP contribution in [0.15, 0.2) is 54.9 Å². The normalized spacial score (nSPS) is 11.6. The van der Waals surface area contributed by atoms with Crippen LogP contribution in [-0.2, 0) is 11.2 Å². The number of pyridine rings is 1. The van der Waals surface area contributed by atoms with E-state index in [1.807, 2.05) is 30.3 Å². The molecule has 2 N–H and O–H groups in total. The van der Waals surface area contributed by atoms with Crippen LogP contribution < -0.4 is 5.32 Å². The van der Waals surface area contributed by atoms with E-state index in [-0.39, 0.29) is 0 Å². The van der Waals surface area contributed by atoms with Gasteiger partial charge in [-0.3, -0.25) is 9.78 Å². The summed E-state index contributed by atoms with van der Waals surface area (Å²) in [7, 11) is 0. The lowest BCUT2D eigenvalue weighted by molar-refractivity contribution is -0.139. The number of rotatable bonds is 6. The Hall–Kier alpha value is -2.69. The molecule has 21 heavy (non-hydrogen) atoms. The van der Waals surface area contributed by atoms with E-state index in [2.05, 4.69) is 10.3 Å². The molecule has 0 aliphatic heterocycles. The zero-order valence-corrected chi connectivity index (χ0v) is 11.4. The van der Waals surface area contributed by atoms with Gasteiger partial charge in [-0.25, -0.2) is 4.79 Å². The largest absolute Gasteiger partial charge is 0.480 e. The predicted molar refractivity (Wildman–Crippen MR) is 77.9 cm³/mol. The molecule has 0 aliphatic carbocycles. The van der Waals surface area contributed by atoms with Crippen LogP contribution in [0.25, 0.3) is 0 Å². The third kappa shape index (κ3) is 4.42. The van der Waals surface area contributed by atoms with Gasteiger partial charge in [0.1, 0.15) is 6.04 Å². The van der Waals surface area contributed by atoms with Crippen molar-refractivity contribution >= 4 is 11.9 Å². The number of carboxylic acid groups (broad SMARTS) is 1. The summed E-state index contributed by atoms with van der Waals surface area (Å²) in [6.45, 7) is 0. The van der Waals surface area contributed by atoms with Crippen molar-refractivity contribution in [2.24, 2.45) is 0 Å². The molecular weight excluding hydrogens is 268 g/mol. The SMILES string of the molecule is O=C(N[C@@H](CCc1ccccc1)C(=O)O)c1cccnc1. The fourth-order valence-corrected chi connectivity index (χ4v) is 1.95. The molecule has 0 unspecified atom stereocenters. The van der Waals surface area contributed by atoms with Crippen molar-refractivity contribution in [1.29, 1.82) is 0 Å². The van der Waals surface area contributed by atoms with E-state index in [0.717, 1.165) is 5.56 Å². The van der Waals surface area contributed by atoms with Crippen LogP contribution in [0.4, 0.5) is 0 Å². The highest BCUT2D eigenvalue weighted by atomic mass is 16.4. The summed E-state index contributed by atoms with van der Waals surface area (Å²) in [5, 5.41) is 11.7. The number of carbonyl (C=O) groups is 2. The second-order valence-electron chi connectivity index (χ2n) is 4.63. The zero-order valence-electron chi connectivity index (χ0n) is 11.4. The summed E-state index contributed by atoms with van der Waals surface area (Å²) in [5.74, 6) is -1.47. The van der Waals surface area contributed by atoms with Crippen LogP contribution in [0.3, 0.4) is 0 Å². The van der Waals surface area contributed by atoms with Crippen LogP contribution in [0, 0.1) is 0 Å². The van der Waals surface area contributed by atoms with Crippen LogP contribution in [0.1, 0.15) is 22.3 Å². The number of aliphatic carboxylic acids is 1. The van der Waals surface area contributed by atoms with Crippen molar-refractivity contribution in [1.82, 2.24) is 10.3 Å². The van der Waals surface area contributed by atoms with Gasteiger partial charge in [-0.1, -0.05) is 30.3 Å². The first-order valence-corrected chi connectivity index (χ1v) is 6.64. The fraction of sp³-hybridized carbons (Fsp3) is 0.188. The summed E-state index contributed by atoms with van der Waals surface area (Å²) in [4.78, 5) is 27.1. The van der Waals surface area contributed by atoms with E-state index in [1.54, 1.807) is 18.3 Å². The van der Waals surface area contributed by atoms with Crippen molar-refractivity contribution in [3.63, 3.8) is 0 Å². The molecule has 5 heteroatoms. The Balaban J connectivity index is 1.96. The Morgan fingerprint density at radius 3 is 2.52 bits per heavy atom. The molecule has 0 bridgehead atoms. The molecule has 0 saturated heterocycles. The standard InChI is InChI=1S/C16H16N2O3/c19-15(13-7-4-10-17-11-13)18-14(16(20)21)9-8-12-5-2-1-3-6-12/h1-7,10-11,14H,8-9H2,(H,18,19)(H,20,21)/t14-/m0/s1. The molecule has 5 nitrogen and oxygen atoms in total. The third-order valence-electron chi connectivity index (χ3n) is 3.09. The van der Waals surface area contributed by atoms with Gasteiger partial charge in [-0.15, -0.1) is 0 Å². The Morgan fingerprint density at radius 1 is 1.14 bits per heavy atom. The topological polar surface area (TPSA) is 79.3 Å². The minimum absolute atomic E-state index is 0.339. The van der Waals surface area contributed by atoms with Gasteiger partial charge in [-0.05, 0) is 30.5 Å². The fourth-order valence-electron chi connectivity index (χ4n) is 1.95. The first-order chi connectivity index (χ1) is 10.2. The van der Waals surface area contributed by atoms with Crippen molar-refractivity contribution in [2.45, 2.75) is 18.9 Å². The maximum Gasteiger partial charge on any atom is 0.326 e. The van der Waals surface area contributed by atoms with Gasteiger partial charge in [0, 0.05) is 12.4 Å². The predicted octanol–water partition coefficient (Wildman–Crippen LogP) is 1.90. The number of benzene rings is 1. The number of hydrogen-bond acceptors (Lipinski definition) is 3. The summed E-state index contributed by atoms with van der Waals surface area (Å²) >= 11 is 0. The van der Waals surface area contributed by atoms with E-state index < -0.39 is 17.9 Å². The van der Waals surface area contributed by atoms with Gasteiger partial charge in [0.2, 0.25) is 0 Å². The van der Waals surface area contributed by atoms with E-state index in [9.17, 15) is 14.7 Å². The van der Waals surface area contributed by atoms with Gasteiger partial charge in [-0.2, -0.15) is 0 Å². The van der Waals surface area contributed by atoms with Crippen molar-refractivity contribution < 1.29 is 14.7 Å². The molecule has 108 valence electrons. The maximum atomic E-state index is 12.0. The maximum absolute atomic E-state index is 12.0. The molecule has 0 radical (unpaired) electrons. The average molecular weight is 284 g/mol. The van der Waals surface area contributed by atoms with Crippen molar-refractivity contribution in [3.8, 4) is 0 Å².